The third-order valence-corrected chi connectivity index (χ3v) is 1.89. The highest BCUT2D eigenvalue weighted by molar-refractivity contribution is 5.88. The van der Waals surface area contributed by atoms with Gasteiger partial charge in [-0.05, 0) is 6.08 Å². The number of hydrogen-bond donors (Lipinski definition) is 4. The van der Waals surface area contributed by atoms with E-state index in [9.17, 15) is 9.18 Å². The average molecular weight is 192 g/mol. The zero-order chi connectivity index (χ0) is 10.2. The molecule has 5 nitrogen and oxygen atoms in total. The molecule has 0 unspecified atom stereocenters. The largest absolute Gasteiger partial charge is 0.478 e. The summed E-state index contributed by atoms with van der Waals surface area (Å²) in [4.78, 5) is 10.4. The second-order valence-electron chi connectivity index (χ2n) is 2.80. The number of carboxylic acids is 1. The lowest BCUT2D eigenvalue weighted by Crippen LogP contribution is -2.47. The van der Waals surface area contributed by atoms with E-state index in [4.69, 9.17) is 20.4 Å². The minimum atomic E-state index is -2.17. The molecule has 0 fully saturated rings. The van der Waals surface area contributed by atoms with E-state index in [0.717, 1.165) is 0 Å². The number of aliphatic hydroxyl groups is 3. The van der Waals surface area contributed by atoms with Gasteiger partial charge in [0.15, 0.2) is 6.17 Å². The second kappa shape index (κ2) is 3.41. The van der Waals surface area contributed by atoms with Crippen LogP contribution in [0.4, 0.5) is 4.39 Å². The molecule has 1 rings (SSSR count). The predicted octanol–water partition coefficient (Wildman–Crippen LogP) is -1.57. The van der Waals surface area contributed by atoms with E-state index in [0.29, 0.717) is 6.08 Å². The molecule has 0 bridgehead atoms. The minimum Gasteiger partial charge on any atom is -0.478 e. The summed E-state index contributed by atoms with van der Waals surface area (Å²) in [6.45, 7) is 0. The first-order chi connectivity index (χ1) is 5.95. The van der Waals surface area contributed by atoms with Crippen LogP contribution < -0.4 is 0 Å². The molecule has 0 aromatic carbocycles. The van der Waals surface area contributed by atoms with Gasteiger partial charge in [0.25, 0.3) is 0 Å². The van der Waals surface area contributed by atoms with Crippen LogP contribution >= 0.6 is 0 Å². The maximum absolute atomic E-state index is 12.9. The van der Waals surface area contributed by atoms with E-state index in [1.165, 1.54) is 0 Å². The molecule has 0 amide bonds. The van der Waals surface area contributed by atoms with Gasteiger partial charge >= 0.3 is 5.97 Å². The molecule has 0 radical (unpaired) electrons. The Labute approximate surface area is 72.7 Å². The zero-order valence-electron chi connectivity index (χ0n) is 6.46. The Balaban J connectivity index is 2.97. The fourth-order valence-electron chi connectivity index (χ4n) is 1.12. The Kier molecular flexibility index (Phi) is 2.65. The fraction of sp³-hybridized carbons (Fsp3) is 0.571. The average Bonchev–Trinajstić information content (AvgIpc) is 2.07. The SMILES string of the molecule is O=C(O)C1=C[C@@H](O)[C@H](O)[C@H](O)[C@@H]1F. The summed E-state index contributed by atoms with van der Waals surface area (Å²) >= 11 is 0. The highest BCUT2D eigenvalue weighted by atomic mass is 19.1. The van der Waals surface area contributed by atoms with Crippen LogP contribution in [0.5, 0.6) is 0 Å². The van der Waals surface area contributed by atoms with Crippen LogP contribution in [0.1, 0.15) is 0 Å². The first-order valence-corrected chi connectivity index (χ1v) is 3.58. The van der Waals surface area contributed by atoms with Crippen LogP contribution in [0, 0.1) is 0 Å². The lowest BCUT2D eigenvalue weighted by molar-refractivity contribution is -0.136. The summed E-state index contributed by atoms with van der Waals surface area (Å²) in [5.41, 5.74) is -0.731. The van der Waals surface area contributed by atoms with Gasteiger partial charge in [0.1, 0.15) is 18.3 Å². The number of hydrogen-bond acceptors (Lipinski definition) is 4. The number of halogens is 1. The standard InChI is InChI=1S/C7H9FO5/c8-4-2(7(12)13)1-3(9)5(10)6(4)11/h1,3-6,9-11H,(H,12,13)/t3-,4-,5+,6-/m1/s1. The van der Waals surface area contributed by atoms with Gasteiger partial charge in [0.05, 0.1) is 5.57 Å². The summed E-state index contributed by atoms with van der Waals surface area (Å²) < 4.78 is 12.9. The molecule has 0 aromatic rings. The molecule has 74 valence electrons. The number of carbonyl (C=O) groups is 1. The molecule has 0 saturated heterocycles. The van der Waals surface area contributed by atoms with Gasteiger partial charge in [-0.3, -0.25) is 0 Å². The molecular formula is C7H9FO5. The Bertz CT molecular complexity index is 251. The number of aliphatic carboxylic acids is 1. The van der Waals surface area contributed by atoms with Crippen LogP contribution in [-0.4, -0.2) is 50.9 Å². The maximum Gasteiger partial charge on any atom is 0.334 e. The first kappa shape index (κ1) is 10.1. The third-order valence-electron chi connectivity index (χ3n) is 1.89. The number of alkyl halides is 1. The van der Waals surface area contributed by atoms with Gasteiger partial charge < -0.3 is 20.4 Å². The highest BCUT2D eigenvalue weighted by Gasteiger charge is 2.40. The van der Waals surface area contributed by atoms with Crippen molar-refractivity contribution >= 4 is 5.97 Å². The zero-order valence-corrected chi connectivity index (χ0v) is 6.46. The Morgan fingerprint density at radius 1 is 1.31 bits per heavy atom. The molecule has 0 aromatic heterocycles. The first-order valence-electron chi connectivity index (χ1n) is 3.58. The second-order valence-corrected chi connectivity index (χ2v) is 2.80. The van der Waals surface area contributed by atoms with Crippen LogP contribution in [-0.2, 0) is 4.79 Å². The quantitative estimate of drug-likeness (QED) is 0.402. The van der Waals surface area contributed by atoms with Crippen LogP contribution in [0.2, 0.25) is 0 Å². The van der Waals surface area contributed by atoms with Gasteiger partial charge in [-0.25, -0.2) is 9.18 Å². The smallest absolute Gasteiger partial charge is 0.334 e. The van der Waals surface area contributed by atoms with Crippen molar-refractivity contribution in [2.45, 2.75) is 24.5 Å². The van der Waals surface area contributed by atoms with Crippen molar-refractivity contribution in [1.29, 1.82) is 0 Å². The monoisotopic (exact) mass is 192 g/mol. The van der Waals surface area contributed by atoms with E-state index in [2.05, 4.69) is 0 Å². The Hall–Kier alpha value is -0.980. The maximum atomic E-state index is 12.9. The number of carboxylic acid groups (broad SMARTS) is 1. The summed E-state index contributed by atoms with van der Waals surface area (Å²) in [5.74, 6) is -1.56. The molecule has 6 heteroatoms. The van der Waals surface area contributed by atoms with Crippen molar-refractivity contribution in [2.75, 3.05) is 0 Å². The summed E-state index contributed by atoms with van der Waals surface area (Å²) in [6.07, 6.45) is -6.61. The summed E-state index contributed by atoms with van der Waals surface area (Å²) in [5, 5.41) is 35.3. The molecule has 4 N–H and O–H groups in total. The van der Waals surface area contributed by atoms with Gasteiger partial charge in [0, 0.05) is 0 Å². The van der Waals surface area contributed by atoms with Gasteiger partial charge in [-0.1, -0.05) is 0 Å². The molecule has 0 saturated carbocycles. The molecule has 0 spiro atoms. The summed E-state index contributed by atoms with van der Waals surface area (Å²) in [7, 11) is 0. The van der Waals surface area contributed by atoms with Crippen molar-refractivity contribution in [3.8, 4) is 0 Å². The number of rotatable bonds is 1. The highest BCUT2D eigenvalue weighted by Crippen LogP contribution is 2.22. The Morgan fingerprint density at radius 2 is 1.85 bits per heavy atom. The third kappa shape index (κ3) is 1.69. The van der Waals surface area contributed by atoms with Crippen molar-refractivity contribution in [3.63, 3.8) is 0 Å². The van der Waals surface area contributed by atoms with Crippen molar-refractivity contribution in [1.82, 2.24) is 0 Å². The number of aliphatic hydroxyl groups excluding tert-OH is 3. The Morgan fingerprint density at radius 3 is 2.31 bits per heavy atom. The van der Waals surface area contributed by atoms with Gasteiger partial charge in [0.2, 0.25) is 0 Å². The van der Waals surface area contributed by atoms with Crippen molar-refractivity contribution in [3.05, 3.63) is 11.6 Å². The lowest BCUT2D eigenvalue weighted by atomic mass is 9.90. The molecule has 4 atom stereocenters. The lowest BCUT2D eigenvalue weighted by Gasteiger charge is -2.28. The molecule has 0 aliphatic heterocycles. The van der Waals surface area contributed by atoms with E-state index in [1.807, 2.05) is 0 Å². The molecular weight excluding hydrogens is 183 g/mol. The summed E-state index contributed by atoms with van der Waals surface area (Å²) in [6, 6.07) is 0. The van der Waals surface area contributed by atoms with Gasteiger partial charge in [-0.15, -0.1) is 0 Å². The van der Waals surface area contributed by atoms with E-state index in [1.54, 1.807) is 0 Å². The molecule has 1 aliphatic rings. The van der Waals surface area contributed by atoms with E-state index >= 15 is 0 Å². The fourth-order valence-corrected chi connectivity index (χ4v) is 1.12. The molecule has 1 aliphatic carbocycles. The molecule has 0 heterocycles. The van der Waals surface area contributed by atoms with Crippen LogP contribution in [0.15, 0.2) is 11.6 Å². The molecule has 13 heavy (non-hydrogen) atoms. The van der Waals surface area contributed by atoms with E-state index in [-0.39, 0.29) is 0 Å². The van der Waals surface area contributed by atoms with Crippen LogP contribution in [0.25, 0.3) is 0 Å². The normalized spacial score (nSPS) is 39.8. The van der Waals surface area contributed by atoms with Crippen LogP contribution in [0.3, 0.4) is 0 Å². The minimum absolute atomic E-state index is 0.685. The van der Waals surface area contributed by atoms with Crippen molar-refractivity contribution in [2.24, 2.45) is 0 Å². The van der Waals surface area contributed by atoms with Crippen molar-refractivity contribution < 1.29 is 29.6 Å². The topological polar surface area (TPSA) is 98.0 Å². The van der Waals surface area contributed by atoms with Gasteiger partial charge in [-0.2, -0.15) is 0 Å². The van der Waals surface area contributed by atoms with E-state index < -0.39 is 36.0 Å². The predicted molar refractivity (Wildman–Crippen MR) is 38.6 cm³/mol.